The van der Waals surface area contributed by atoms with Gasteiger partial charge in [-0.25, -0.2) is 0 Å². The maximum Gasteiger partial charge on any atom is 0.0701 e. The molecule has 2 aliphatic rings. The molecule has 0 aromatic carbocycles. The SMILES string of the molecule is CCC(C)CC(N)C1CCOC2(CCSCC2)C1. The van der Waals surface area contributed by atoms with Crippen molar-refractivity contribution < 1.29 is 4.74 Å². The van der Waals surface area contributed by atoms with Crippen molar-refractivity contribution in [3.05, 3.63) is 0 Å². The van der Waals surface area contributed by atoms with Crippen LogP contribution in [0.25, 0.3) is 0 Å². The van der Waals surface area contributed by atoms with Gasteiger partial charge in [-0.3, -0.25) is 0 Å². The molecule has 0 radical (unpaired) electrons. The Hall–Kier alpha value is 0.270. The van der Waals surface area contributed by atoms with Crippen molar-refractivity contribution in [1.82, 2.24) is 0 Å². The van der Waals surface area contributed by atoms with Gasteiger partial charge in [0.25, 0.3) is 0 Å². The summed E-state index contributed by atoms with van der Waals surface area (Å²) in [5.41, 5.74) is 6.65. The Morgan fingerprint density at radius 3 is 2.78 bits per heavy atom. The van der Waals surface area contributed by atoms with E-state index in [4.69, 9.17) is 10.5 Å². The van der Waals surface area contributed by atoms with E-state index in [2.05, 4.69) is 25.6 Å². The Morgan fingerprint density at radius 1 is 1.39 bits per heavy atom. The van der Waals surface area contributed by atoms with Crippen LogP contribution in [0.4, 0.5) is 0 Å². The Bertz CT molecular complexity index is 247. The van der Waals surface area contributed by atoms with Crippen molar-refractivity contribution >= 4 is 11.8 Å². The molecule has 2 fully saturated rings. The highest BCUT2D eigenvalue weighted by Crippen LogP contribution is 2.41. The Balaban J connectivity index is 1.89. The molecule has 2 N–H and O–H groups in total. The van der Waals surface area contributed by atoms with Gasteiger partial charge in [0.2, 0.25) is 0 Å². The van der Waals surface area contributed by atoms with E-state index in [0.717, 1.165) is 12.5 Å². The van der Waals surface area contributed by atoms with Gasteiger partial charge in [-0.1, -0.05) is 20.3 Å². The normalized spacial score (nSPS) is 31.2. The van der Waals surface area contributed by atoms with E-state index in [0.29, 0.717) is 12.0 Å². The van der Waals surface area contributed by atoms with Crippen LogP contribution in [0, 0.1) is 11.8 Å². The highest BCUT2D eigenvalue weighted by atomic mass is 32.2. The molecule has 0 saturated carbocycles. The van der Waals surface area contributed by atoms with Crippen LogP contribution >= 0.6 is 11.8 Å². The molecule has 0 bridgehead atoms. The number of rotatable bonds is 4. The average molecular weight is 271 g/mol. The van der Waals surface area contributed by atoms with E-state index in [1.54, 1.807) is 0 Å². The van der Waals surface area contributed by atoms with E-state index in [1.165, 1.54) is 50.0 Å². The summed E-state index contributed by atoms with van der Waals surface area (Å²) in [6.07, 6.45) is 7.30. The van der Waals surface area contributed by atoms with Gasteiger partial charge in [-0.05, 0) is 55.4 Å². The summed E-state index contributed by atoms with van der Waals surface area (Å²) in [6, 6.07) is 0.385. The molecule has 2 rings (SSSR count). The van der Waals surface area contributed by atoms with E-state index in [-0.39, 0.29) is 5.60 Å². The highest BCUT2D eigenvalue weighted by molar-refractivity contribution is 7.99. The molecular weight excluding hydrogens is 242 g/mol. The van der Waals surface area contributed by atoms with Gasteiger partial charge in [-0.15, -0.1) is 0 Å². The quantitative estimate of drug-likeness (QED) is 0.850. The van der Waals surface area contributed by atoms with Crippen molar-refractivity contribution in [3.63, 3.8) is 0 Å². The summed E-state index contributed by atoms with van der Waals surface area (Å²) in [4.78, 5) is 0. The number of thioether (sulfide) groups is 1. The van der Waals surface area contributed by atoms with E-state index in [1.807, 2.05) is 0 Å². The molecule has 3 unspecified atom stereocenters. The van der Waals surface area contributed by atoms with Crippen LogP contribution in [-0.2, 0) is 4.74 Å². The van der Waals surface area contributed by atoms with Gasteiger partial charge in [-0.2, -0.15) is 11.8 Å². The predicted molar refractivity (Wildman–Crippen MR) is 80.0 cm³/mol. The van der Waals surface area contributed by atoms with Crippen LogP contribution in [-0.4, -0.2) is 29.8 Å². The molecule has 0 aromatic rings. The monoisotopic (exact) mass is 271 g/mol. The number of nitrogens with two attached hydrogens (primary N) is 1. The molecule has 0 amide bonds. The first-order valence-corrected chi connectivity index (χ1v) is 8.78. The van der Waals surface area contributed by atoms with Crippen LogP contribution in [0.15, 0.2) is 0 Å². The van der Waals surface area contributed by atoms with Crippen LogP contribution in [0.5, 0.6) is 0 Å². The molecule has 106 valence electrons. The zero-order valence-electron chi connectivity index (χ0n) is 12.0. The van der Waals surface area contributed by atoms with Crippen LogP contribution < -0.4 is 5.73 Å². The topological polar surface area (TPSA) is 35.2 Å². The standard InChI is InChI=1S/C15H29NOS/c1-3-12(2)10-14(16)13-4-7-17-15(11-13)5-8-18-9-6-15/h12-14H,3-11,16H2,1-2H3. The average Bonchev–Trinajstić information content (AvgIpc) is 2.39. The lowest BCUT2D eigenvalue weighted by Crippen LogP contribution is -2.47. The fourth-order valence-electron chi connectivity index (χ4n) is 3.35. The van der Waals surface area contributed by atoms with Gasteiger partial charge in [0, 0.05) is 12.6 Å². The minimum atomic E-state index is 0.196. The number of ether oxygens (including phenoxy) is 1. The minimum absolute atomic E-state index is 0.196. The van der Waals surface area contributed by atoms with Gasteiger partial charge in [0.15, 0.2) is 0 Å². The van der Waals surface area contributed by atoms with Crippen LogP contribution in [0.2, 0.25) is 0 Å². The molecular formula is C15H29NOS. The first kappa shape index (κ1) is 14.7. The third kappa shape index (κ3) is 3.64. The van der Waals surface area contributed by atoms with Gasteiger partial charge in [0.1, 0.15) is 0 Å². The third-order valence-corrected chi connectivity index (χ3v) is 5.90. The molecule has 18 heavy (non-hydrogen) atoms. The summed E-state index contributed by atoms with van der Waals surface area (Å²) in [7, 11) is 0. The summed E-state index contributed by atoms with van der Waals surface area (Å²) in [5, 5.41) is 0. The lowest BCUT2D eigenvalue weighted by atomic mass is 9.77. The largest absolute Gasteiger partial charge is 0.375 e. The van der Waals surface area contributed by atoms with Crippen LogP contribution in [0.3, 0.4) is 0 Å². The zero-order chi connectivity index (χ0) is 13.0. The molecule has 3 atom stereocenters. The zero-order valence-corrected chi connectivity index (χ0v) is 12.8. The van der Waals surface area contributed by atoms with Gasteiger partial charge in [0.05, 0.1) is 5.60 Å². The second-order valence-corrected chi connectivity index (χ2v) is 7.53. The summed E-state index contributed by atoms with van der Waals surface area (Å²) >= 11 is 2.08. The van der Waals surface area contributed by atoms with Crippen molar-refractivity contribution in [2.75, 3.05) is 18.1 Å². The predicted octanol–water partition coefficient (Wildman–Crippen LogP) is 3.44. The van der Waals surface area contributed by atoms with Gasteiger partial charge >= 0.3 is 0 Å². The lowest BCUT2D eigenvalue weighted by molar-refractivity contribution is -0.106. The first-order valence-electron chi connectivity index (χ1n) is 7.62. The van der Waals surface area contributed by atoms with E-state index in [9.17, 15) is 0 Å². The maximum absolute atomic E-state index is 6.45. The summed E-state index contributed by atoms with van der Waals surface area (Å²) in [6.45, 7) is 5.52. The Morgan fingerprint density at radius 2 is 2.11 bits per heavy atom. The van der Waals surface area contributed by atoms with Crippen molar-refractivity contribution in [2.45, 2.75) is 64.0 Å². The maximum atomic E-state index is 6.45. The first-order chi connectivity index (χ1) is 8.65. The fourth-order valence-corrected chi connectivity index (χ4v) is 4.58. The molecule has 2 heterocycles. The summed E-state index contributed by atoms with van der Waals surface area (Å²) < 4.78 is 6.15. The molecule has 1 spiro atoms. The molecule has 2 nitrogen and oxygen atoms in total. The third-order valence-electron chi connectivity index (χ3n) is 4.91. The molecule has 2 aliphatic heterocycles. The number of hydrogen-bond donors (Lipinski definition) is 1. The number of hydrogen-bond acceptors (Lipinski definition) is 3. The lowest BCUT2D eigenvalue weighted by Gasteiger charge is -2.45. The smallest absolute Gasteiger partial charge is 0.0701 e. The van der Waals surface area contributed by atoms with Crippen molar-refractivity contribution in [1.29, 1.82) is 0 Å². The summed E-state index contributed by atoms with van der Waals surface area (Å²) in [5.74, 6) is 4.00. The van der Waals surface area contributed by atoms with Crippen LogP contribution in [0.1, 0.15) is 52.4 Å². The second-order valence-electron chi connectivity index (χ2n) is 6.31. The molecule has 3 heteroatoms. The Kier molecular flexibility index (Phi) is 5.40. The van der Waals surface area contributed by atoms with E-state index < -0.39 is 0 Å². The fraction of sp³-hybridized carbons (Fsp3) is 1.00. The second kappa shape index (κ2) is 6.62. The minimum Gasteiger partial charge on any atom is -0.375 e. The van der Waals surface area contributed by atoms with Crippen molar-refractivity contribution in [3.8, 4) is 0 Å². The van der Waals surface area contributed by atoms with Gasteiger partial charge < -0.3 is 10.5 Å². The molecule has 2 saturated heterocycles. The highest BCUT2D eigenvalue weighted by Gasteiger charge is 2.40. The van der Waals surface area contributed by atoms with E-state index >= 15 is 0 Å². The molecule has 0 aromatic heterocycles. The van der Waals surface area contributed by atoms with Crippen molar-refractivity contribution in [2.24, 2.45) is 17.6 Å². The Labute approximate surface area is 116 Å². The molecule has 0 aliphatic carbocycles.